The molecule has 0 aliphatic carbocycles. The van der Waals surface area contributed by atoms with Gasteiger partial charge in [0.05, 0.1) is 5.69 Å². The minimum absolute atomic E-state index is 0.372. The van der Waals surface area contributed by atoms with Crippen LogP contribution in [-0.4, -0.2) is 28.0 Å². The summed E-state index contributed by atoms with van der Waals surface area (Å²) in [6.45, 7) is 7.99. The average Bonchev–Trinajstić information content (AvgIpc) is 2.32. The number of likely N-dealkylation sites (tertiary alicyclic amines) is 1. The van der Waals surface area contributed by atoms with Gasteiger partial charge in [-0.3, -0.25) is 9.88 Å². The van der Waals surface area contributed by atoms with Crippen LogP contribution in [0.5, 0.6) is 0 Å². The highest BCUT2D eigenvalue weighted by atomic mass is 32.1. The molecule has 2 N–H and O–H groups in total. The molecule has 1 fully saturated rings. The van der Waals surface area contributed by atoms with Gasteiger partial charge < -0.3 is 5.73 Å². The lowest BCUT2D eigenvalue weighted by atomic mass is 9.82. The largest absolute Gasteiger partial charge is 0.388 e. The third kappa shape index (κ3) is 3.50. The topological polar surface area (TPSA) is 42.2 Å². The monoisotopic (exact) mass is 263 g/mol. The first-order valence-electron chi connectivity index (χ1n) is 6.43. The Labute approximate surface area is 114 Å². The summed E-state index contributed by atoms with van der Waals surface area (Å²) in [6.07, 6.45) is 4.32. The minimum Gasteiger partial charge on any atom is -0.388 e. The summed E-state index contributed by atoms with van der Waals surface area (Å²) >= 11 is 4.96. The van der Waals surface area contributed by atoms with Gasteiger partial charge in [-0.25, -0.2) is 0 Å². The molecule has 2 heterocycles. The molecule has 0 amide bonds. The van der Waals surface area contributed by atoms with E-state index in [2.05, 4.69) is 23.7 Å². The van der Waals surface area contributed by atoms with Gasteiger partial charge in [-0.2, -0.15) is 0 Å². The molecule has 2 rings (SSSR count). The van der Waals surface area contributed by atoms with E-state index in [-0.39, 0.29) is 0 Å². The zero-order valence-corrected chi connectivity index (χ0v) is 12.0. The van der Waals surface area contributed by atoms with Gasteiger partial charge in [-0.1, -0.05) is 26.1 Å². The Balaban J connectivity index is 1.98. The van der Waals surface area contributed by atoms with Gasteiger partial charge in [0.25, 0.3) is 0 Å². The van der Waals surface area contributed by atoms with Crippen molar-refractivity contribution in [2.45, 2.75) is 33.2 Å². The van der Waals surface area contributed by atoms with Gasteiger partial charge in [-0.05, 0) is 49.0 Å². The van der Waals surface area contributed by atoms with Crippen LogP contribution in [0.2, 0.25) is 0 Å². The third-order valence-corrected chi connectivity index (χ3v) is 3.90. The van der Waals surface area contributed by atoms with Gasteiger partial charge in [-0.15, -0.1) is 0 Å². The van der Waals surface area contributed by atoms with E-state index in [9.17, 15) is 0 Å². The second-order valence-corrected chi connectivity index (χ2v) is 6.29. The van der Waals surface area contributed by atoms with Crippen molar-refractivity contribution in [1.82, 2.24) is 9.88 Å². The van der Waals surface area contributed by atoms with Crippen molar-refractivity contribution in [3.63, 3.8) is 0 Å². The number of rotatable bonds is 3. The SMILES string of the molecule is CC1(C)CCN(Cc2ccnc(C(N)=S)c2)CC1. The van der Waals surface area contributed by atoms with Gasteiger partial charge in [0, 0.05) is 12.7 Å². The number of nitrogens with two attached hydrogens (primary N) is 1. The first-order chi connectivity index (χ1) is 8.46. The maximum Gasteiger partial charge on any atom is 0.122 e. The molecule has 0 bridgehead atoms. The highest BCUT2D eigenvalue weighted by Crippen LogP contribution is 2.30. The zero-order valence-electron chi connectivity index (χ0n) is 11.1. The summed E-state index contributed by atoms with van der Waals surface area (Å²) in [4.78, 5) is 7.03. The number of nitrogens with zero attached hydrogens (tertiary/aromatic N) is 2. The van der Waals surface area contributed by atoms with Crippen molar-refractivity contribution >= 4 is 17.2 Å². The van der Waals surface area contributed by atoms with E-state index < -0.39 is 0 Å². The van der Waals surface area contributed by atoms with E-state index >= 15 is 0 Å². The van der Waals surface area contributed by atoms with Crippen molar-refractivity contribution in [2.75, 3.05) is 13.1 Å². The molecule has 1 aromatic heterocycles. The highest BCUT2D eigenvalue weighted by molar-refractivity contribution is 7.80. The molecular formula is C14H21N3S. The lowest BCUT2D eigenvalue weighted by Crippen LogP contribution is -2.36. The summed E-state index contributed by atoms with van der Waals surface area (Å²) < 4.78 is 0. The Morgan fingerprint density at radius 3 is 2.72 bits per heavy atom. The van der Waals surface area contributed by atoms with E-state index in [1.807, 2.05) is 12.1 Å². The lowest BCUT2D eigenvalue weighted by molar-refractivity contribution is 0.127. The molecule has 1 aliphatic rings. The van der Waals surface area contributed by atoms with Crippen molar-refractivity contribution in [1.29, 1.82) is 0 Å². The maximum atomic E-state index is 5.61. The molecule has 0 spiro atoms. The molecule has 0 radical (unpaired) electrons. The average molecular weight is 263 g/mol. The predicted molar refractivity (Wildman–Crippen MR) is 78.4 cm³/mol. The van der Waals surface area contributed by atoms with Crippen LogP contribution >= 0.6 is 12.2 Å². The van der Waals surface area contributed by atoms with Crippen molar-refractivity contribution in [3.8, 4) is 0 Å². The molecular weight excluding hydrogens is 242 g/mol. The number of piperidine rings is 1. The Morgan fingerprint density at radius 1 is 1.44 bits per heavy atom. The van der Waals surface area contributed by atoms with Gasteiger partial charge >= 0.3 is 0 Å². The normalized spacial score (nSPS) is 19.7. The van der Waals surface area contributed by atoms with Crippen LogP contribution in [0.3, 0.4) is 0 Å². The first-order valence-corrected chi connectivity index (χ1v) is 6.84. The van der Waals surface area contributed by atoms with Crippen LogP contribution in [0.25, 0.3) is 0 Å². The fourth-order valence-corrected chi connectivity index (χ4v) is 2.39. The molecule has 1 aromatic rings. The Morgan fingerprint density at radius 2 is 2.11 bits per heavy atom. The van der Waals surface area contributed by atoms with E-state index in [1.54, 1.807) is 6.20 Å². The molecule has 3 nitrogen and oxygen atoms in total. The van der Waals surface area contributed by atoms with Crippen LogP contribution in [0, 0.1) is 5.41 Å². The van der Waals surface area contributed by atoms with Crippen molar-refractivity contribution < 1.29 is 0 Å². The summed E-state index contributed by atoms with van der Waals surface area (Å²) in [6, 6.07) is 4.05. The molecule has 0 saturated carbocycles. The van der Waals surface area contributed by atoms with E-state index in [4.69, 9.17) is 18.0 Å². The van der Waals surface area contributed by atoms with Crippen LogP contribution in [0.4, 0.5) is 0 Å². The van der Waals surface area contributed by atoms with Gasteiger partial charge in [0.2, 0.25) is 0 Å². The summed E-state index contributed by atoms with van der Waals surface area (Å²) in [7, 11) is 0. The van der Waals surface area contributed by atoms with Crippen molar-refractivity contribution in [3.05, 3.63) is 29.6 Å². The predicted octanol–water partition coefficient (Wildman–Crippen LogP) is 2.34. The molecule has 0 atom stereocenters. The number of pyridine rings is 1. The Bertz CT molecular complexity index is 432. The standard InChI is InChI=1S/C14H21N3S/c1-14(2)4-7-17(8-5-14)10-11-3-6-16-12(9-11)13(15)18/h3,6,9H,4-5,7-8,10H2,1-2H3,(H2,15,18). The fourth-order valence-electron chi connectivity index (χ4n) is 2.28. The number of hydrogen-bond acceptors (Lipinski definition) is 3. The second kappa shape index (κ2) is 5.33. The van der Waals surface area contributed by atoms with Crippen LogP contribution in [0.1, 0.15) is 37.9 Å². The summed E-state index contributed by atoms with van der Waals surface area (Å²) in [5, 5.41) is 0. The van der Waals surface area contributed by atoms with E-state index in [0.29, 0.717) is 10.4 Å². The summed E-state index contributed by atoms with van der Waals surface area (Å²) in [5.41, 5.74) is 8.07. The molecule has 98 valence electrons. The third-order valence-electron chi connectivity index (χ3n) is 3.69. The molecule has 4 heteroatoms. The number of hydrogen-bond donors (Lipinski definition) is 1. The lowest BCUT2D eigenvalue weighted by Gasteiger charge is -2.36. The van der Waals surface area contributed by atoms with Gasteiger partial charge in [0.1, 0.15) is 4.99 Å². The minimum atomic E-state index is 0.372. The Kier molecular flexibility index (Phi) is 3.97. The molecule has 18 heavy (non-hydrogen) atoms. The van der Waals surface area contributed by atoms with E-state index in [1.165, 1.54) is 18.4 Å². The maximum absolute atomic E-state index is 5.61. The molecule has 0 unspecified atom stereocenters. The van der Waals surface area contributed by atoms with Crippen LogP contribution in [0.15, 0.2) is 18.3 Å². The smallest absolute Gasteiger partial charge is 0.122 e. The number of thiocarbonyl (C=S) groups is 1. The Hall–Kier alpha value is -1.00. The molecule has 0 aromatic carbocycles. The highest BCUT2D eigenvalue weighted by Gasteiger charge is 2.25. The number of aromatic nitrogens is 1. The summed E-state index contributed by atoms with van der Waals surface area (Å²) in [5.74, 6) is 0. The van der Waals surface area contributed by atoms with Crippen LogP contribution in [-0.2, 0) is 6.54 Å². The zero-order chi connectivity index (χ0) is 13.2. The quantitative estimate of drug-likeness (QED) is 0.850. The van der Waals surface area contributed by atoms with Crippen LogP contribution < -0.4 is 5.73 Å². The van der Waals surface area contributed by atoms with Crippen molar-refractivity contribution in [2.24, 2.45) is 11.1 Å². The fraction of sp³-hybridized carbons (Fsp3) is 0.571. The van der Waals surface area contributed by atoms with E-state index in [0.717, 1.165) is 25.3 Å². The first kappa shape index (κ1) is 13.4. The molecule has 1 aliphatic heterocycles. The second-order valence-electron chi connectivity index (χ2n) is 5.85. The molecule has 1 saturated heterocycles. The van der Waals surface area contributed by atoms with Gasteiger partial charge in [0.15, 0.2) is 0 Å².